The summed E-state index contributed by atoms with van der Waals surface area (Å²) in [6.45, 7) is 0.262. The van der Waals surface area contributed by atoms with Gasteiger partial charge in [0.15, 0.2) is 0 Å². The van der Waals surface area contributed by atoms with E-state index >= 15 is 0 Å². The third-order valence-electron chi connectivity index (χ3n) is 2.76. The van der Waals surface area contributed by atoms with Crippen molar-refractivity contribution in [2.75, 3.05) is 12.4 Å². The predicted molar refractivity (Wildman–Crippen MR) is 71.3 cm³/mol. The van der Waals surface area contributed by atoms with Crippen LogP contribution in [0.2, 0.25) is 0 Å². The van der Waals surface area contributed by atoms with E-state index < -0.39 is 17.5 Å². The maximum Gasteiger partial charge on any atom is 0.251 e. The summed E-state index contributed by atoms with van der Waals surface area (Å²) in [5, 5.41) is 4.99. The average molecular weight is 277 g/mol. The van der Waals surface area contributed by atoms with Crippen LogP contribution < -0.4 is 10.6 Å². The van der Waals surface area contributed by atoms with Gasteiger partial charge in [-0.25, -0.2) is 8.78 Å². The maximum atomic E-state index is 13.5. The Bertz CT molecular complexity index is 594. The Balaban J connectivity index is 2.10. The van der Waals surface area contributed by atoms with Crippen LogP contribution in [0.25, 0.3) is 0 Å². The molecule has 2 aromatic rings. The first kappa shape index (κ1) is 13.9. The molecule has 0 saturated heterocycles. The summed E-state index contributed by atoms with van der Waals surface area (Å²) in [4.78, 5) is 15.7. The molecule has 2 rings (SSSR count). The number of hydrogen-bond acceptors (Lipinski definition) is 3. The number of aromatic nitrogens is 1. The second-order valence-corrected chi connectivity index (χ2v) is 4.10. The van der Waals surface area contributed by atoms with E-state index in [-0.39, 0.29) is 17.8 Å². The third-order valence-corrected chi connectivity index (χ3v) is 2.76. The summed E-state index contributed by atoms with van der Waals surface area (Å²) in [6, 6.07) is 5.48. The minimum atomic E-state index is -0.804. The molecule has 0 bridgehead atoms. The lowest BCUT2D eigenvalue weighted by molar-refractivity contribution is 0.0950. The van der Waals surface area contributed by atoms with Crippen LogP contribution in [0.15, 0.2) is 36.7 Å². The summed E-state index contributed by atoms with van der Waals surface area (Å²) in [7, 11) is 1.41. The quantitative estimate of drug-likeness (QED) is 0.902. The van der Waals surface area contributed by atoms with Gasteiger partial charge < -0.3 is 10.6 Å². The molecule has 4 nitrogen and oxygen atoms in total. The van der Waals surface area contributed by atoms with Crippen LogP contribution in [0, 0.1) is 11.6 Å². The molecule has 1 aromatic carbocycles. The minimum absolute atomic E-state index is 0.0620. The lowest BCUT2D eigenvalue weighted by Gasteiger charge is -2.08. The first-order valence-electron chi connectivity index (χ1n) is 5.95. The number of carbonyl (C=O) groups excluding carboxylic acids is 1. The first-order chi connectivity index (χ1) is 9.61. The SMILES string of the molecule is CNc1c(F)cc(C(=O)NCc2ccncc2)cc1F. The fraction of sp³-hybridized carbons (Fsp3) is 0.143. The first-order valence-corrected chi connectivity index (χ1v) is 5.95. The second kappa shape index (κ2) is 6.10. The Morgan fingerprint density at radius 2 is 1.80 bits per heavy atom. The van der Waals surface area contributed by atoms with E-state index in [1.807, 2.05) is 0 Å². The van der Waals surface area contributed by atoms with E-state index in [9.17, 15) is 13.6 Å². The van der Waals surface area contributed by atoms with Gasteiger partial charge in [0.2, 0.25) is 0 Å². The van der Waals surface area contributed by atoms with Gasteiger partial charge in [-0.3, -0.25) is 9.78 Å². The molecular weight excluding hydrogens is 264 g/mol. The number of nitrogens with one attached hydrogen (secondary N) is 2. The van der Waals surface area contributed by atoms with Gasteiger partial charge in [0.25, 0.3) is 5.91 Å². The molecule has 1 amide bonds. The molecule has 1 aromatic heterocycles. The molecule has 104 valence electrons. The summed E-state index contributed by atoms with van der Waals surface area (Å²) in [6.07, 6.45) is 3.20. The van der Waals surface area contributed by atoms with Crippen LogP contribution in [0.4, 0.5) is 14.5 Å². The molecule has 0 aliphatic carbocycles. The normalized spacial score (nSPS) is 10.2. The molecule has 20 heavy (non-hydrogen) atoms. The molecule has 0 fully saturated rings. The van der Waals surface area contributed by atoms with Gasteiger partial charge in [-0.2, -0.15) is 0 Å². The van der Waals surface area contributed by atoms with Gasteiger partial charge in [0.05, 0.1) is 0 Å². The summed E-state index contributed by atoms with van der Waals surface area (Å²) in [5.74, 6) is -2.15. The number of hydrogen-bond donors (Lipinski definition) is 2. The zero-order chi connectivity index (χ0) is 14.5. The van der Waals surface area contributed by atoms with Crippen LogP contribution in [0.5, 0.6) is 0 Å². The van der Waals surface area contributed by atoms with E-state index in [0.29, 0.717) is 0 Å². The fourth-order valence-electron chi connectivity index (χ4n) is 1.73. The van der Waals surface area contributed by atoms with Crippen molar-refractivity contribution in [2.24, 2.45) is 0 Å². The van der Waals surface area contributed by atoms with Gasteiger partial charge in [-0.15, -0.1) is 0 Å². The predicted octanol–water partition coefficient (Wildman–Crippen LogP) is 2.33. The Kier molecular flexibility index (Phi) is 4.24. The van der Waals surface area contributed by atoms with E-state index in [2.05, 4.69) is 15.6 Å². The Morgan fingerprint density at radius 3 is 2.35 bits per heavy atom. The summed E-state index contributed by atoms with van der Waals surface area (Å²) >= 11 is 0. The largest absolute Gasteiger partial charge is 0.383 e. The zero-order valence-electron chi connectivity index (χ0n) is 10.8. The summed E-state index contributed by atoms with van der Waals surface area (Å²) < 4.78 is 27.1. The highest BCUT2D eigenvalue weighted by Gasteiger charge is 2.14. The fourth-order valence-corrected chi connectivity index (χ4v) is 1.73. The van der Waals surface area contributed by atoms with Gasteiger partial charge in [-0.1, -0.05) is 0 Å². The second-order valence-electron chi connectivity index (χ2n) is 4.10. The summed E-state index contributed by atoms with van der Waals surface area (Å²) in [5.41, 5.74) is 0.532. The number of rotatable bonds is 4. The van der Waals surface area contributed by atoms with Crippen molar-refractivity contribution in [3.05, 3.63) is 59.4 Å². The van der Waals surface area contributed by atoms with Crippen molar-refractivity contribution in [3.63, 3.8) is 0 Å². The van der Waals surface area contributed by atoms with Crippen LogP contribution in [-0.4, -0.2) is 17.9 Å². The minimum Gasteiger partial charge on any atom is -0.383 e. The highest BCUT2D eigenvalue weighted by molar-refractivity contribution is 5.94. The van der Waals surface area contributed by atoms with Gasteiger partial charge >= 0.3 is 0 Å². The molecular formula is C14H13F2N3O. The molecule has 2 N–H and O–H groups in total. The number of benzene rings is 1. The van der Waals surface area contributed by atoms with Gasteiger partial charge in [0, 0.05) is 31.5 Å². The Labute approximate surface area is 114 Å². The standard InChI is InChI=1S/C14H13F2N3O/c1-17-13-11(15)6-10(7-12(13)16)14(20)19-8-9-2-4-18-5-3-9/h2-7,17H,8H2,1H3,(H,19,20). The maximum absolute atomic E-state index is 13.5. The average Bonchev–Trinajstić information content (AvgIpc) is 2.45. The van der Waals surface area contributed by atoms with Crippen molar-refractivity contribution in [1.82, 2.24) is 10.3 Å². The van der Waals surface area contributed by atoms with Crippen LogP contribution >= 0.6 is 0 Å². The molecule has 0 aliphatic rings. The lowest BCUT2D eigenvalue weighted by atomic mass is 10.1. The third kappa shape index (κ3) is 3.09. The number of amides is 1. The van der Waals surface area contributed by atoms with Crippen molar-refractivity contribution >= 4 is 11.6 Å². The smallest absolute Gasteiger partial charge is 0.251 e. The van der Waals surface area contributed by atoms with Crippen LogP contribution in [0.3, 0.4) is 0 Å². The zero-order valence-corrected chi connectivity index (χ0v) is 10.8. The van der Waals surface area contributed by atoms with Crippen molar-refractivity contribution in [1.29, 1.82) is 0 Å². The number of pyridine rings is 1. The molecule has 1 heterocycles. The monoisotopic (exact) mass is 277 g/mol. The molecule has 0 unspecified atom stereocenters. The molecule has 6 heteroatoms. The van der Waals surface area contributed by atoms with Crippen LogP contribution in [0.1, 0.15) is 15.9 Å². The highest BCUT2D eigenvalue weighted by Crippen LogP contribution is 2.20. The van der Waals surface area contributed by atoms with Crippen LogP contribution in [-0.2, 0) is 6.54 Å². The van der Waals surface area contributed by atoms with E-state index in [1.54, 1.807) is 24.5 Å². The molecule has 0 atom stereocenters. The van der Waals surface area contributed by atoms with Gasteiger partial charge in [0.1, 0.15) is 17.3 Å². The number of anilines is 1. The lowest BCUT2D eigenvalue weighted by Crippen LogP contribution is -2.23. The van der Waals surface area contributed by atoms with E-state index in [4.69, 9.17) is 0 Å². The molecule has 0 radical (unpaired) electrons. The van der Waals surface area contributed by atoms with Crippen molar-refractivity contribution in [3.8, 4) is 0 Å². The van der Waals surface area contributed by atoms with Crippen molar-refractivity contribution in [2.45, 2.75) is 6.54 Å². The van der Waals surface area contributed by atoms with E-state index in [1.165, 1.54) is 7.05 Å². The number of halogens is 2. The number of nitrogens with zero attached hydrogens (tertiary/aromatic N) is 1. The van der Waals surface area contributed by atoms with E-state index in [0.717, 1.165) is 17.7 Å². The van der Waals surface area contributed by atoms with Crippen molar-refractivity contribution < 1.29 is 13.6 Å². The Hall–Kier alpha value is -2.50. The Morgan fingerprint density at radius 1 is 1.20 bits per heavy atom. The number of carbonyl (C=O) groups is 1. The molecule has 0 saturated carbocycles. The molecule has 0 aliphatic heterocycles. The van der Waals surface area contributed by atoms with Gasteiger partial charge in [-0.05, 0) is 29.8 Å². The topological polar surface area (TPSA) is 54.0 Å². The molecule has 0 spiro atoms. The highest BCUT2D eigenvalue weighted by atomic mass is 19.1.